The summed E-state index contributed by atoms with van der Waals surface area (Å²) in [5.74, 6) is 0.290. The highest BCUT2D eigenvalue weighted by Crippen LogP contribution is 2.22. The average Bonchev–Trinajstić information content (AvgIpc) is 3.04. The molecule has 0 saturated heterocycles. The summed E-state index contributed by atoms with van der Waals surface area (Å²) >= 11 is 1.45. The second kappa shape index (κ2) is 6.69. The lowest BCUT2D eigenvalue weighted by Crippen LogP contribution is -2.50. The molecule has 1 aromatic carbocycles. The van der Waals surface area contributed by atoms with Crippen LogP contribution in [0.5, 0.6) is 0 Å². The lowest BCUT2D eigenvalue weighted by atomic mass is 10.1. The fraction of sp³-hybridized carbons (Fsp3) is 0.308. The van der Waals surface area contributed by atoms with E-state index in [-0.39, 0.29) is 10.8 Å². The maximum absolute atomic E-state index is 12.2. The Morgan fingerprint density at radius 2 is 2.22 bits per heavy atom. The fourth-order valence-corrected chi connectivity index (χ4v) is 4.40. The third kappa shape index (κ3) is 3.71. The summed E-state index contributed by atoms with van der Waals surface area (Å²) in [6.45, 7) is 0.413. The number of carbonyl (C=O) groups is 1. The van der Waals surface area contributed by atoms with E-state index in [9.17, 15) is 13.2 Å². The van der Waals surface area contributed by atoms with Crippen LogP contribution in [0.15, 0.2) is 40.4 Å². The number of aromatic nitrogens is 3. The van der Waals surface area contributed by atoms with Gasteiger partial charge in [-0.2, -0.15) is 15.0 Å². The van der Waals surface area contributed by atoms with Gasteiger partial charge in [0.15, 0.2) is 0 Å². The number of benzene rings is 1. The molecule has 0 radical (unpaired) electrons. The molecule has 0 fully saturated rings. The number of hydrogen-bond donors (Lipinski definition) is 3. The molecule has 122 valence electrons. The minimum Gasteiger partial charge on any atom is -0.354 e. The molecule has 3 rings (SSSR count). The lowest BCUT2D eigenvalue weighted by Gasteiger charge is -2.25. The summed E-state index contributed by atoms with van der Waals surface area (Å²) in [7, 11) is -3.64. The van der Waals surface area contributed by atoms with Crippen LogP contribution in [0.1, 0.15) is 5.56 Å². The number of nitrogens with zero attached hydrogens (tertiary/aromatic N) is 2. The highest BCUT2D eigenvalue weighted by Gasteiger charge is 2.32. The number of aromatic amines is 1. The van der Waals surface area contributed by atoms with Crippen LogP contribution in [-0.4, -0.2) is 48.1 Å². The number of sulfonamides is 1. The summed E-state index contributed by atoms with van der Waals surface area (Å²) in [5, 5.41) is 13.6. The number of thioether (sulfide) groups is 1. The van der Waals surface area contributed by atoms with Crippen molar-refractivity contribution < 1.29 is 13.2 Å². The molecule has 1 amide bonds. The molecule has 1 aromatic heterocycles. The van der Waals surface area contributed by atoms with Crippen LogP contribution in [0.2, 0.25) is 0 Å². The highest BCUT2D eigenvalue weighted by atomic mass is 32.2. The van der Waals surface area contributed by atoms with Crippen molar-refractivity contribution in [3.8, 4) is 0 Å². The summed E-state index contributed by atoms with van der Waals surface area (Å²) < 4.78 is 26.7. The van der Waals surface area contributed by atoms with Gasteiger partial charge in [0.2, 0.25) is 15.9 Å². The first-order valence-electron chi connectivity index (χ1n) is 6.93. The molecule has 0 aliphatic carbocycles. The SMILES string of the molecule is O=C(NCCSc1cn[nH]n1)[C@H]1Cc2ccccc2S(=O)(=O)N1. The van der Waals surface area contributed by atoms with Gasteiger partial charge in [-0.15, -0.1) is 16.9 Å². The van der Waals surface area contributed by atoms with E-state index < -0.39 is 16.1 Å². The van der Waals surface area contributed by atoms with E-state index >= 15 is 0 Å². The van der Waals surface area contributed by atoms with Gasteiger partial charge in [0.25, 0.3) is 0 Å². The van der Waals surface area contributed by atoms with Crippen molar-refractivity contribution in [1.29, 1.82) is 0 Å². The first kappa shape index (κ1) is 16.0. The molecule has 1 aliphatic heterocycles. The Bertz CT molecular complexity index is 792. The topological polar surface area (TPSA) is 117 Å². The van der Waals surface area contributed by atoms with Crippen molar-refractivity contribution in [2.24, 2.45) is 0 Å². The van der Waals surface area contributed by atoms with E-state index in [1.165, 1.54) is 11.8 Å². The number of amides is 1. The molecule has 8 nitrogen and oxygen atoms in total. The number of nitrogens with one attached hydrogen (secondary N) is 3. The van der Waals surface area contributed by atoms with Gasteiger partial charge in [0.1, 0.15) is 11.1 Å². The Morgan fingerprint density at radius 1 is 1.39 bits per heavy atom. The predicted octanol–water partition coefficient (Wildman–Crippen LogP) is -0.0838. The molecule has 2 aromatic rings. The van der Waals surface area contributed by atoms with Crippen LogP contribution in [-0.2, 0) is 21.2 Å². The van der Waals surface area contributed by atoms with Crippen LogP contribution in [0.4, 0.5) is 0 Å². The zero-order valence-corrected chi connectivity index (χ0v) is 13.7. The second-order valence-corrected chi connectivity index (χ2v) is 7.73. The molecule has 2 heterocycles. The third-order valence-electron chi connectivity index (χ3n) is 3.34. The summed E-state index contributed by atoms with van der Waals surface area (Å²) in [6, 6.07) is 5.92. The van der Waals surface area contributed by atoms with Crippen molar-refractivity contribution in [3.63, 3.8) is 0 Å². The van der Waals surface area contributed by atoms with Crippen LogP contribution in [0.3, 0.4) is 0 Å². The quantitative estimate of drug-likeness (QED) is 0.511. The Labute approximate surface area is 137 Å². The smallest absolute Gasteiger partial charge is 0.241 e. The monoisotopic (exact) mass is 353 g/mol. The zero-order chi connectivity index (χ0) is 16.3. The first-order valence-corrected chi connectivity index (χ1v) is 9.40. The highest BCUT2D eigenvalue weighted by molar-refractivity contribution is 7.99. The minimum atomic E-state index is -3.64. The van der Waals surface area contributed by atoms with Crippen LogP contribution in [0, 0.1) is 0 Å². The normalized spacial score (nSPS) is 19.0. The number of H-pyrrole nitrogens is 1. The molecule has 0 spiro atoms. The fourth-order valence-electron chi connectivity index (χ4n) is 2.31. The Balaban J connectivity index is 1.56. The van der Waals surface area contributed by atoms with Gasteiger partial charge < -0.3 is 5.32 Å². The van der Waals surface area contributed by atoms with E-state index in [0.29, 0.717) is 24.3 Å². The molecule has 1 atom stereocenters. The molecular weight excluding hydrogens is 338 g/mol. The predicted molar refractivity (Wildman–Crippen MR) is 84.4 cm³/mol. The average molecular weight is 353 g/mol. The second-order valence-electron chi connectivity index (χ2n) is 4.93. The first-order chi connectivity index (χ1) is 11.1. The number of rotatable bonds is 5. The van der Waals surface area contributed by atoms with E-state index in [1.54, 1.807) is 30.5 Å². The van der Waals surface area contributed by atoms with Crippen LogP contribution in [0.25, 0.3) is 0 Å². The maximum Gasteiger partial charge on any atom is 0.241 e. The molecule has 0 unspecified atom stereocenters. The molecular formula is C13H15N5O3S2. The zero-order valence-electron chi connectivity index (χ0n) is 12.0. The molecule has 0 saturated carbocycles. The van der Waals surface area contributed by atoms with E-state index in [1.807, 2.05) is 0 Å². The van der Waals surface area contributed by atoms with Gasteiger partial charge in [-0.25, -0.2) is 8.42 Å². The molecule has 0 bridgehead atoms. The van der Waals surface area contributed by atoms with Crippen LogP contribution < -0.4 is 10.0 Å². The van der Waals surface area contributed by atoms with Gasteiger partial charge in [-0.3, -0.25) is 4.79 Å². The summed E-state index contributed by atoms with van der Waals surface area (Å²) in [6.07, 6.45) is 1.94. The molecule has 23 heavy (non-hydrogen) atoms. The molecule has 3 N–H and O–H groups in total. The Kier molecular flexibility index (Phi) is 4.64. The summed E-state index contributed by atoms with van der Waals surface area (Å²) in [4.78, 5) is 12.4. The van der Waals surface area contributed by atoms with Crippen molar-refractivity contribution in [3.05, 3.63) is 36.0 Å². The molecule has 10 heteroatoms. The Hall–Kier alpha value is -1.91. The number of fused-ring (bicyclic) bond motifs is 1. The van der Waals surface area contributed by atoms with Gasteiger partial charge in [-0.05, 0) is 18.1 Å². The van der Waals surface area contributed by atoms with Gasteiger partial charge in [0.05, 0.1) is 11.1 Å². The van der Waals surface area contributed by atoms with Crippen molar-refractivity contribution in [2.45, 2.75) is 22.4 Å². The van der Waals surface area contributed by atoms with E-state index in [4.69, 9.17) is 0 Å². The summed E-state index contributed by atoms with van der Waals surface area (Å²) in [5.41, 5.74) is 0.656. The minimum absolute atomic E-state index is 0.241. The van der Waals surface area contributed by atoms with Gasteiger partial charge >= 0.3 is 0 Å². The number of carbonyl (C=O) groups excluding carboxylic acids is 1. The lowest BCUT2D eigenvalue weighted by molar-refractivity contribution is -0.122. The molecule has 1 aliphatic rings. The third-order valence-corrected chi connectivity index (χ3v) is 5.82. The maximum atomic E-state index is 12.2. The van der Waals surface area contributed by atoms with Crippen molar-refractivity contribution in [1.82, 2.24) is 25.4 Å². The van der Waals surface area contributed by atoms with Crippen molar-refractivity contribution in [2.75, 3.05) is 12.3 Å². The number of hydrogen-bond acceptors (Lipinski definition) is 6. The largest absolute Gasteiger partial charge is 0.354 e. The van der Waals surface area contributed by atoms with Gasteiger partial charge in [0, 0.05) is 12.3 Å². The van der Waals surface area contributed by atoms with Gasteiger partial charge in [-0.1, -0.05) is 18.2 Å². The van der Waals surface area contributed by atoms with Crippen LogP contribution >= 0.6 is 11.8 Å². The Morgan fingerprint density at radius 3 is 3.00 bits per heavy atom. The van der Waals surface area contributed by atoms with E-state index in [0.717, 1.165) is 5.03 Å². The van der Waals surface area contributed by atoms with E-state index in [2.05, 4.69) is 25.4 Å². The standard InChI is InChI=1S/C13H15N5O3S2/c19-13(14-5-6-22-12-8-15-18-16-12)10-7-9-3-1-2-4-11(9)23(20,21)17-10/h1-4,8,10,17H,5-7H2,(H,14,19)(H,15,16,18)/t10-/m1/s1. The van der Waals surface area contributed by atoms with Crippen molar-refractivity contribution >= 4 is 27.7 Å².